The zero-order valence-corrected chi connectivity index (χ0v) is 21.2. The third kappa shape index (κ3) is 7.72. The van der Waals surface area contributed by atoms with Gasteiger partial charge in [0.05, 0.1) is 18.6 Å². The van der Waals surface area contributed by atoms with Crippen LogP contribution in [0.4, 0.5) is 13.2 Å². The number of aliphatic carboxylic acids is 1. The van der Waals surface area contributed by atoms with Crippen molar-refractivity contribution < 1.29 is 37.7 Å². The van der Waals surface area contributed by atoms with E-state index < -0.39 is 29.3 Å². The lowest BCUT2D eigenvalue weighted by Gasteiger charge is -2.40. The van der Waals surface area contributed by atoms with Gasteiger partial charge in [-0.05, 0) is 63.4 Å². The topological polar surface area (TPSA) is 76.0 Å². The summed E-state index contributed by atoms with van der Waals surface area (Å²) in [6, 6.07) is 0. The number of ether oxygens (including phenoxy) is 2. The molecule has 1 aliphatic heterocycles. The lowest BCUT2D eigenvalue weighted by Crippen LogP contribution is -2.42. The standard InChI is InChI=1S/C27H43F3O5/c1-3-4-16-25(2,27(28,29)30)18-15-22(35-23-14-8-11-20-34-23)26(24(32)33,17-9-5-10-19-31)21-12-6-7-13-21/h5,10,15,21,23,31H,3-4,6-9,11-14,16-20H2,1-2H3,(H,32,33)/b10-5-,22-15+/t23?,25?,26-/m1/s1. The Balaban J connectivity index is 2.53. The zero-order chi connectivity index (χ0) is 26.0. The van der Waals surface area contributed by atoms with Gasteiger partial charge in [-0.2, -0.15) is 13.2 Å². The van der Waals surface area contributed by atoms with Crippen LogP contribution in [-0.2, 0) is 14.3 Å². The van der Waals surface area contributed by atoms with Crippen molar-refractivity contribution in [3.63, 3.8) is 0 Å². The van der Waals surface area contributed by atoms with Gasteiger partial charge in [0.25, 0.3) is 0 Å². The van der Waals surface area contributed by atoms with Crippen molar-refractivity contribution in [2.45, 2.75) is 110 Å². The molecule has 2 rings (SSSR count). The number of carboxylic acids is 1. The van der Waals surface area contributed by atoms with E-state index in [0.717, 1.165) is 25.7 Å². The maximum Gasteiger partial charge on any atom is 0.394 e. The summed E-state index contributed by atoms with van der Waals surface area (Å²) in [5, 5.41) is 19.7. The van der Waals surface area contributed by atoms with Crippen LogP contribution >= 0.6 is 0 Å². The van der Waals surface area contributed by atoms with Gasteiger partial charge in [0.15, 0.2) is 6.29 Å². The number of rotatable bonds is 14. The molecule has 2 aliphatic rings. The first-order valence-electron chi connectivity index (χ1n) is 13.2. The van der Waals surface area contributed by atoms with Gasteiger partial charge < -0.3 is 19.7 Å². The van der Waals surface area contributed by atoms with Crippen LogP contribution in [0.15, 0.2) is 24.0 Å². The van der Waals surface area contributed by atoms with Crippen molar-refractivity contribution in [2.24, 2.45) is 16.7 Å². The molecule has 0 aromatic carbocycles. The molecule has 35 heavy (non-hydrogen) atoms. The van der Waals surface area contributed by atoms with Gasteiger partial charge in [-0.3, -0.25) is 4.79 Å². The van der Waals surface area contributed by atoms with Gasteiger partial charge in [0, 0.05) is 6.42 Å². The lowest BCUT2D eigenvalue weighted by atomic mass is 9.68. The molecule has 1 heterocycles. The molecule has 0 spiro atoms. The first-order chi connectivity index (χ1) is 16.6. The van der Waals surface area contributed by atoms with E-state index in [-0.39, 0.29) is 37.5 Å². The minimum absolute atomic E-state index is 0.0283. The first kappa shape index (κ1) is 29.7. The summed E-state index contributed by atoms with van der Waals surface area (Å²) >= 11 is 0. The second-order valence-electron chi connectivity index (χ2n) is 10.3. The summed E-state index contributed by atoms with van der Waals surface area (Å²) in [5.74, 6) is -1.18. The van der Waals surface area contributed by atoms with Crippen LogP contribution in [0.5, 0.6) is 0 Å². The molecule has 1 aliphatic carbocycles. The van der Waals surface area contributed by atoms with Crippen LogP contribution in [-0.4, -0.2) is 41.9 Å². The number of hydrogen-bond acceptors (Lipinski definition) is 4. The Morgan fingerprint density at radius 1 is 1.09 bits per heavy atom. The molecule has 2 fully saturated rings. The highest BCUT2D eigenvalue weighted by molar-refractivity contribution is 5.78. The quantitative estimate of drug-likeness (QED) is 0.194. The van der Waals surface area contributed by atoms with E-state index in [1.165, 1.54) is 13.0 Å². The van der Waals surface area contributed by atoms with Gasteiger partial charge in [-0.15, -0.1) is 0 Å². The molecule has 0 bridgehead atoms. The number of aliphatic hydroxyl groups is 1. The molecule has 5 nitrogen and oxygen atoms in total. The third-order valence-corrected chi connectivity index (χ3v) is 7.75. The maximum absolute atomic E-state index is 14.1. The minimum atomic E-state index is -4.42. The highest BCUT2D eigenvalue weighted by Gasteiger charge is 2.53. The van der Waals surface area contributed by atoms with Gasteiger partial charge in [0.1, 0.15) is 11.2 Å². The number of unbranched alkanes of at least 4 members (excludes halogenated alkanes) is 1. The summed E-state index contributed by atoms with van der Waals surface area (Å²) in [6.45, 7) is 3.41. The number of alkyl halides is 3. The zero-order valence-electron chi connectivity index (χ0n) is 21.2. The third-order valence-electron chi connectivity index (χ3n) is 7.75. The van der Waals surface area contributed by atoms with Gasteiger partial charge >= 0.3 is 12.1 Å². The van der Waals surface area contributed by atoms with Crippen molar-refractivity contribution in [1.82, 2.24) is 0 Å². The summed E-state index contributed by atoms with van der Waals surface area (Å²) in [4.78, 5) is 13.0. The van der Waals surface area contributed by atoms with Crippen LogP contribution in [0.25, 0.3) is 0 Å². The molecule has 202 valence electrons. The van der Waals surface area contributed by atoms with Crippen LogP contribution < -0.4 is 0 Å². The highest BCUT2D eigenvalue weighted by Crippen LogP contribution is 2.51. The van der Waals surface area contributed by atoms with E-state index in [4.69, 9.17) is 14.6 Å². The van der Waals surface area contributed by atoms with E-state index in [2.05, 4.69) is 0 Å². The molecule has 1 saturated heterocycles. The summed E-state index contributed by atoms with van der Waals surface area (Å²) in [7, 11) is 0. The molecular weight excluding hydrogens is 461 g/mol. The Labute approximate surface area is 207 Å². The molecule has 2 unspecified atom stereocenters. The predicted molar refractivity (Wildman–Crippen MR) is 129 cm³/mol. The van der Waals surface area contributed by atoms with E-state index >= 15 is 0 Å². The molecule has 0 radical (unpaired) electrons. The van der Waals surface area contributed by atoms with Crippen LogP contribution in [0.2, 0.25) is 0 Å². The fraction of sp³-hybridized carbons (Fsp3) is 0.815. The first-order valence-corrected chi connectivity index (χ1v) is 13.2. The molecular formula is C27H43F3O5. The summed E-state index contributed by atoms with van der Waals surface area (Å²) in [6.07, 6.45) is 6.37. The van der Waals surface area contributed by atoms with Crippen molar-refractivity contribution in [2.75, 3.05) is 13.2 Å². The number of halogens is 3. The summed E-state index contributed by atoms with van der Waals surface area (Å²) in [5.41, 5.74) is -3.41. The van der Waals surface area contributed by atoms with Gasteiger partial charge in [-0.25, -0.2) is 0 Å². The normalized spacial score (nSPS) is 23.8. The average Bonchev–Trinajstić information content (AvgIpc) is 3.36. The fourth-order valence-corrected chi connectivity index (χ4v) is 5.36. The molecule has 2 N–H and O–H groups in total. The molecule has 0 aromatic rings. The number of hydrogen-bond donors (Lipinski definition) is 2. The molecule has 0 aromatic heterocycles. The fourth-order valence-electron chi connectivity index (χ4n) is 5.36. The average molecular weight is 505 g/mol. The van der Waals surface area contributed by atoms with E-state index in [0.29, 0.717) is 45.1 Å². The van der Waals surface area contributed by atoms with Crippen molar-refractivity contribution in [1.29, 1.82) is 0 Å². The largest absolute Gasteiger partial charge is 0.480 e. The van der Waals surface area contributed by atoms with Crippen LogP contribution in [0, 0.1) is 16.7 Å². The number of aliphatic hydroxyl groups excluding tert-OH is 1. The van der Waals surface area contributed by atoms with Crippen LogP contribution in [0.1, 0.15) is 97.3 Å². The lowest BCUT2D eigenvalue weighted by molar-refractivity contribution is -0.220. The van der Waals surface area contributed by atoms with Crippen LogP contribution in [0.3, 0.4) is 0 Å². The number of carbonyl (C=O) groups is 1. The van der Waals surface area contributed by atoms with E-state index in [1.54, 1.807) is 12.2 Å². The highest BCUT2D eigenvalue weighted by atomic mass is 19.4. The Morgan fingerprint density at radius 3 is 2.31 bits per heavy atom. The summed E-state index contributed by atoms with van der Waals surface area (Å²) < 4.78 is 54.4. The van der Waals surface area contributed by atoms with E-state index in [9.17, 15) is 23.1 Å². The Bertz CT molecular complexity index is 708. The SMILES string of the molecule is CCCCC(C)(C/C=C(/OC1CCCCO1)[C@](CC/C=C\CO)(C(=O)O)C1CCCC1)C(F)(F)F. The molecule has 1 saturated carbocycles. The Kier molecular flexibility index (Phi) is 11.6. The minimum Gasteiger partial charge on any atom is -0.480 e. The molecule has 8 heteroatoms. The van der Waals surface area contributed by atoms with Crippen molar-refractivity contribution >= 4 is 5.97 Å². The monoisotopic (exact) mass is 504 g/mol. The van der Waals surface area contributed by atoms with Gasteiger partial charge in [0.2, 0.25) is 0 Å². The Morgan fingerprint density at radius 2 is 1.77 bits per heavy atom. The number of allylic oxidation sites excluding steroid dienone is 2. The second kappa shape index (κ2) is 13.7. The van der Waals surface area contributed by atoms with E-state index in [1.807, 2.05) is 6.92 Å². The molecule has 3 atom stereocenters. The van der Waals surface area contributed by atoms with Gasteiger partial charge in [-0.1, -0.05) is 51.7 Å². The predicted octanol–water partition coefficient (Wildman–Crippen LogP) is 7.15. The Hall–Kier alpha value is -1.54. The maximum atomic E-state index is 14.1. The molecule has 0 amide bonds. The second-order valence-corrected chi connectivity index (χ2v) is 10.3. The van der Waals surface area contributed by atoms with Crippen molar-refractivity contribution in [3.8, 4) is 0 Å². The van der Waals surface area contributed by atoms with Crippen molar-refractivity contribution in [3.05, 3.63) is 24.0 Å². The smallest absolute Gasteiger partial charge is 0.394 e. The number of carboxylic acid groups (broad SMARTS) is 1.